The van der Waals surface area contributed by atoms with Gasteiger partial charge in [-0.1, -0.05) is 59.3 Å². The number of rotatable bonds is 7. The van der Waals surface area contributed by atoms with Crippen molar-refractivity contribution < 1.29 is 4.79 Å². The number of nitrogens with zero attached hydrogens (tertiary/aromatic N) is 1. The van der Waals surface area contributed by atoms with Crippen LogP contribution in [0.25, 0.3) is 0 Å². The van der Waals surface area contributed by atoms with E-state index in [4.69, 9.17) is 0 Å². The number of Topliss-reactive ketones (excluding diaryl/α,β-unsaturated/α-hetero) is 1. The normalized spacial score (nSPS) is 26.2. The maximum absolute atomic E-state index is 12.3. The average Bonchev–Trinajstić information content (AvgIpc) is 2.58. The Bertz CT molecular complexity index is 326. The quantitative estimate of drug-likeness (QED) is 0.617. The zero-order valence-electron chi connectivity index (χ0n) is 12.2. The van der Waals surface area contributed by atoms with Crippen LogP contribution in [0.5, 0.6) is 0 Å². The van der Waals surface area contributed by atoms with E-state index in [2.05, 4.69) is 13.0 Å². The van der Waals surface area contributed by atoms with Crippen molar-refractivity contribution in [2.45, 2.75) is 78.6 Å². The van der Waals surface area contributed by atoms with Crippen LogP contribution in [0.4, 0.5) is 0 Å². The highest BCUT2D eigenvalue weighted by Gasteiger charge is 2.51. The monoisotopic (exact) mass is 249 g/mol. The molecule has 0 aliphatic heterocycles. The highest BCUT2D eigenvalue weighted by Crippen LogP contribution is 2.48. The number of carbonyl (C=O) groups is 1. The molecular weight excluding hydrogens is 222 g/mol. The van der Waals surface area contributed by atoms with E-state index in [-0.39, 0.29) is 11.2 Å². The lowest BCUT2D eigenvalue weighted by Gasteiger charge is -2.22. The van der Waals surface area contributed by atoms with E-state index in [1.54, 1.807) is 0 Å². The van der Waals surface area contributed by atoms with Gasteiger partial charge >= 0.3 is 0 Å². The summed E-state index contributed by atoms with van der Waals surface area (Å²) in [6.45, 7) is 6.18. The second-order valence-corrected chi connectivity index (χ2v) is 6.42. The van der Waals surface area contributed by atoms with E-state index in [1.807, 2.05) is 13.8 Å². The number of hydrogen-bond acceptors (Lipinski definition) is 2. The summed E-state index contributed by atoms with van der Waals surface area (Å²) in [6.07, 6.45) is 9.69. The molecule has 18 heavy (non-hydrogen) atoms. The van der Waals surface area contributed by atoms with Gasteiger partial charge in [0.15, 0.2) is 5.78 Å². The minimum Gasteiger partial charge on any atom is -0.297 e. The Balaban J connectivity index is 2.40. The molecule has 0 aromatic heterocycles. The van der Waals surface area contributed by atoms with Crippen molar-refractivity contribution in [2.24, 2.45) is 10.8 Å². The summed E-state index contributed by atoms with van der Waals surface area (Å²) in [5, 5.41) is 9.39. The van der Waals surface area contributed by atoms with Gasteiger partial charge in [-0.05, 0) is 19.3 Å². The fraction of sp³-hybridized carbons (Fsp3) is 0.875. The van der Waals surface area contributed by atoms with E-state index in [9.17, 15) is 10.1 Å². The number of nitriles is 1. The molecule has 0 aromatic carbocycles. The van der Waals surface area contributed by atoms with Gasteiger partial charge in [-0.15, -0.1) is 0 Å². The third-order valence-electron chi connectivity index (χ3n) is 4.40. The molecule has 0 N–H and O–H groups in total. The Morgan fingerprint density at radius 3 is 2.22 bits per heavy atom. The lowest BCUT2D eigenvalue weighted by Crippen LogP contribution is -2.31. The highest BCUT2D eigenvalue weighted by molar-refractivity contribution is 5.94. The minimum absolute atomic E-state index is 0.186. The first-order valence-electron chi connectivity index (χ1n) is 7.45. The summed E-state index contributed by atoms with van der Waals surface area (Å²) in [5.74, 6) is 0.186. The molecule has 102 valence electrons. The van der Waals surface area contributed by atoms with Crippen LogP contribution in [0.15, 0.2) is 0 Å². The van der Waals surface area contributed by atoms with Gasteiger partial charge in [-0.2, -0.15) is 5.26 Å². The Morgan fingerprint density at radius 2 is 1.72 bits per heavy atom. The zero-order valence-corrected chi connectivity index (χ0v) is 12.2. The van der Waals surface area contributed by atoms with Gasteiger partial charge in [-0.3, -0.25) is 4.79 Å². The summed E-state index contributed by atoms with van der Waals surface area (Å²) >= 11 is 0. The SMILES string of the molecule is CCCCCCCCC1(C#N)CCC(C)(C)C1=O. The topological polar surface area (TPSA) is 40.9 Å². The average molecular weight is 249 g/mol. The Labute approximate surface area is 112 Å². The van der Waals surface area contributed by atoms with Gasteiger partial charge in [0.25, 0.3) is 0 Å². The Morgan fingerprint density at radius 1 is 1.11 bits per heavy atom. The fourth-order valence-electron chi connectivity index (χ4n) is 3.01. The van der Waals surface area contributed by atoms with Crippen LogP contribution in [-0.2, 0) is 4.79 Å². The van der Waals surface area contributed by atoms with Crippen molar-refractivity contribution in [2.75, 3.05) is 0 Å². The van der Waals surface area contributed by atoms with Gasteiger partial charge in [-0.25, -0.2) is 0 Å². The molecule has 1 unspecified atom stereocenters. The zero-order chi connectivity index (χ0) is 13.6. The molecule has 1 rings (SSSR count). The second kappa shape index (κ2) is 6.36. The molecule has 0 radical (unpaired) electrons. The van der Waals surface area contributed by atoms with Crippen molar-refractivity contribution in [3.05, 3.63) is 0 Å². The van der Waals surface area contributed by atoms with Crippen LogP contribution in [0.3, 0.4) is 0 Å². The van der Waals surface area contributed by atoms with E-state index in [0.717, 1.165) is 32.1 Å². The maximum Gasteiger partial charge on any atom is 0.158 e. The van der Waals surface area contributed by atoms with Gasteiger partial charge in [0.1, 0.15) is 5.41 Å². The van der Waals surface area contributed by atoms with E-state index < -0.39 is 5.41 Å². The molecule has 2 nitrogen and oxygen atoms in total. The largest absolute Gasteiger partial charge is 0.297 e. The number of ketones is 1. The molecule has 1 aliphatic carbocycles. The summed E-state index contributed by atoms with van der Waals surface area (Å²) < 4.78 is 0. The van der Waals surface area contributed by atoms with Crippen LogP contribution in [-0.4, -0.2) is 5.78 Å². The van der Waals surface area contributed by atoms with Gasteiger partial charge in [0.05, 0.1) is 6.07 Å². The summed E-state index contributed by atoms with van der Waals surface area (Å²) in [5.41, 5.74) is -0.938. The van der Waals surface area contributed by atoms with Crippen molar-refractivity contribution in [3.63, 3.8) is 0 Å². The molecule has 1 aliphatic rings. The van der Waals surface area contributed by atoms with Gasteiger partial charge in [0, 0.05) is 5.41 Å². The number of unbranched alkanes of at least 4 members (excludes halogenated alkanes) is 5. The molecular formula is C16H27NO. The predicted molar refractivity (Wildman–Crippen MR) is 74.1 cm³/mol. The number of hydrogen-bond donors (Lipinski definition) is 0. The molecule has 0 spiro atoms. The van der Waals surface area contributed by atoms with E-state index >= 15 is 0 Å². The van der Waals surface area contributed by atoms with Crippen molar-refractivity contribution in [1.82, 2.24) is 0 Å². The lowest BCUT2D eigenvalue weighted by atomic mass is 9.77. The number of carbonyl (C=O) groups excluding carboxylic acids is 1. The first kappa shape index (κ1) is 15.2. The maximum atomic E-state index is 12.3. The molecule has 0 bridgehead atoms. The standard InChI is InChI=1S/C16H27NO/c1-4-5-6-7-8-9-10-16(13-17)12-11-15(2,3)14(16)18/h4-12H2,1-3H3. The first-order chi connectivity index (χ1) is 8.48. The van der Waals surface area contributed by atoms with Crippen LogP contribution >= 0.6 is 0 Å². The fourth-order valence-corrected chi connectivity index (χ4v) is 3.01. The summed E-state index contributed by atoms with van der Waals surface area (Å²) in [4.78, 5) is 12.3. The summed E-state index contributed by atoms with van der Waals surface area (Å²) in [7, 11) is 0. The Kier molecular flexibility index (Phi) is 5.38. The Hall–Kier alpha value is -0.840. The molecule has 2 heteroatoms. The first-order valence-corrected chi connectivity index (χ1v) is 7.45. The van der Waals surface area contributed by atoms with Crippen LogP contribution < -0.4 is 0 Å². The van der Waals surface area contributed by atoms with E-state index in [0.29, 0.717) is 0 Å². The van der Waals surface area contributed by atoms with Crippen LogP contribution in [0.2, 0.25) is 0 Å². The smallest absolute Gasteiger partial charge is 0.158 e. The van der Waals surface area contributed by atoms with Crippen LogP contribution in [0, 0.1) is 22.2 Å². The third-order valence-corrected chi connectivity index (χ3v) is 4.40. The van der Waals surface area contributed by atoms with Crippen molar-refractivity contribution >= 4 is 5.78 Å². The second-order valence-electron chi connectivity index (χ2n) is 6.42. The third kappa shape index (κ3) is 3.34. The van der Waals surface area contributed by atoms with Crippen molar-refractivity contribution in [3.8, 4) is 6.07 Å². The molecule has 0 saturated heterocycles. The predicted octanol–water partition coefficient (Wildman–Crippen LogP) is 4.64. The van der Waals surface area contributed by atoms with Gasteiger partial charge in [0.2, 0.25) is 0 Å². The molecule has 1 atom stereocenters. The van der Waals surface area contributed by atoms with Crippen LogP contribution in [0.1, 0.15) is 78.6 Å². The van der Waals surface area contributed by atoms with Crippen molar-refractivity contribution in [1.29, 1.82) is 5.26 Å². The highest BCUT2D eigenvalue weighted by atomic mass is 16.1. The lowest BCUT2D eigenvalue weighted by molar-refractivity contribution is -0.130. The summed E-state index contributed by atoms with van der Waals surface area (Å²) in [6, 6.07) is 2.34. The van der Waals surface area contributed by atoms with E-state index in [1.165, 1.54) is 25.7 Å². The molecule has 1 fully saturated rings. The minimum atomic E-state index is -0.658. The molecule has 1 saturated carbocycles. The molecule has 0 heterocycles. The molecule has 0 aromatic rings. The molecule has 0 amide bonds. The van der Waals surface area contributed by atoms with Gasteiger partial charge < -0.3 is 0 Å².